The molecule has 0 bridgehead atoms. The smallest absolute Gasteiger partial charge is 0.348 e. The maximum Gasteiger partial charge on any atom is 0.348 e. The van der Waals surface area contributed by atoms with Crippen molar-refractivity contribution in [1.82, 2.24) is 0 Å². The molecule has 5 nitrogen and oxygen atoms in total. The molecule has 0 amide bonds. The molecule has 7 heteroatoms. The number of rotatable bonds is 3. The Hall–Kier alpha value is -1.40. The molecule has 1 N–H and O–H groups in total. The van der Waals surface area contributed by atoms with Crippen LogP contribution in [0.1, 0.15) is 19.4 Å². The van der Waals surface area contributed by atoms with Gasteiger partial charge in [0.25, 0.3) is 0 Å². The summed E-state index contributed by atoms with van der Waals surface area (Å²) >= 11 is 5.62. The van der Waals surface area contributed by atoms with Crippen molar-refractivity contribution in [1.29, 1.82) is 0 Å². The van der Waals surface area contributed by atoms with Crippen LogP contribution in [-0.2, 0) is 6.61 Å². The third kappa shape index (κ3) is 3.28. The van der Waals surface area contributed by atoms with E-state index < -0.39 is 23.0 Å². The van der Waals surface area contributed by atoms with Gasteiger partial charge in [-0.25, -0.2) is 0 Å². The van der Waals surface area contributed by atoms with Crippen molar-refractivity contribution in [2.45, 2.75) is 20.5 Å². The largest absolute Gasteiger partial charge is 0.489 e. The van der Waals surface area contributed by atoms with Crippen LogP contribution in [0.4, 0.5) is 10.1 Å². The van der Waals surface area contributed by atoms with E-state index in [4.69, 9.17) is 16.7 Å². The Balaban J connectivity index is 0.00000121. The summed E-state index contributed by atoms with van der Waals surface area (Å²) in [5.74, 6) is -1.49. The number of nitro groups is 1. The summed E-state index contributed by atoms with van der Waals surface area (Å²) in [5.41, 5.74) is -1.11. The number of nitro benzene ring substituents is 1. The van der Waals surface area contributed by atoms with E-state index in [1.54, 1.807) is 0 Å². The number of ether oxygens (including phenoxy) is 1. The minimum absolute atomic E-state index is 0.116. The zero-order valence-electron chi connectivity index (χ0n) is 9.66. The van der Waals surface area contributed by atoms with E-state index in [0.29, 0.717) is 0 Å². The second kappa shape index (κ2) is 7.03. The van der Waals surface area contributed by atoms with Gasteiger partial charge >= 0.3 is 5.69 Å². The molecule has 0 spiro atoms. The number of benzene rings is 1. The number of hydrogen-bond acceptors (Lipinski definition) is 4. The predicted octanol–water partition coefficient (Wildman–Crippen LogP) is 2.91. The third-order valence-corrected chi connectivity index (χ3v) is 2.06. The Labute approximate surface area is 103 Å². The topological polar surface area (TPSA) is 72.6 Å². The van der Waals surface area contributed by atoms with Crippen molar-refractivity contribution in [2.24, 2.45) is 0 Å². The van der Waals surface area contributed by atoms with Gasteiger partial charge in [-0.3, -0.25) is 10.1 Å². The molecule has 0 saturated carbocycles. The lowest BCUT2D eigenvalue weighted by molar-refractivity contribution is -0.388. The second-order valence-electron chi connectivity index (χ2n) is 2.63. The van der Waals surface area contributed by atoms with Crippen molar-refractivity contribution in [2.75, 3.05) is 7.11 Å². The highest BCUT2D eigenvalue weighted by atomic mass is 35.5. The van der Waals surface area contributed by atoms with E-state index in [2.05, 4.69) is 4.74 Å². The number of halogens is 2. The van der Waals surface area contributed by atoms with Crippen LogP contribution in [0.25, 0.3) is 0 Å². The van der Waals surface area contributed by atoms with Gasteiger partial charge in [0, 0.05) is 5.56 Å². The summed E-state index contributed by atoms with van der Waals surface area (Å²) < 4.78 is 18.0. The minimum Gasteiger partial charge on any atom is -0.489 e. The molecule has 0 aromatic heterocycles. The Morgan fingerprint density at radius 3 is 2.47 bits per heavy atom. The number of aliphatic hydroxyl groups excluding tert-OH is 1. The van der Waals surface area contributed by atoms with E-state index in [1.807, 2.05) is 13.8 Å². The lowest BCUT2D eigenvalue weighted by atomic mass is 10.2. The zero-order chi connectivity index (χ0) is 13.6. The van der Waals surface area contributed by atoms with Crippen molar-refractivity contribution in [3.8, 4) is 5.75 Å². The van der Waals surface area contributed by atoms with Crippen molar-refractivity contribution in [3.63, 3.8) is 0 Å². The molecule has 0 aliphatic rings. The first-order chi connectivity index (χ1) is 8.02. The average molecular weight is 266 g/mol. The first kappa shape index (κ1) is 15.6. The van der Waals surface area contributed by atoms with E-state index in [-0.39, 0.29) is 16.3 Å². The lowest BCUT2D eigenvalue weighted by Gasteiger charge is -2.07. The highest BCUT2D eigenvalue weighted by Gasteiger charge is 2.27. The highest BCUT2D eigenvalue weighted by Crippen LogP contribution is 2.38. The molecule has 0 atom stereocenters. The van der Waals surface area contributed by atoms with Gasteiger partial charge in [0.05, 0.1) is 23.7 Å². The number of aliphatic hydroxyl groups is 1. The molecule has 1 rings (SSSR count). The first-order valence-corrected chi connectivity index (χ1v) is 5.20. The molecule has 0 aliphatic heterocycles. The molecule has 0 saturated heterocycles. The SMILES string of the molecule is CC.COc1c(Cl)cc(CO)c(F)c1[N+](=O)[O-]. The van der Waals surface area contributed by atoms with Gasteiger partial charge in [-0.1, -0.05) is 25.4 Å². The summed E-state index contributed by atoms with van der Waals surface area (Å²) in [7, 11) is 1.15. The number of hydrogen-bond donors (Lipinski definition) is 1. The zero-order valence-corrected chi connectivity index (χ0v) is 10.4. The molecular formula is C10H13ClFNO4. The number of nitrogens with zero attached hydrogens (tertiary/aromatic N) is 1. The lowest BCUT2D eigenvalue weighted by Crippen LogP contribution is -2.01. The fraction of sp³-hybridized carbons (Fsp3) is 0.400. The molecule has 0 unspecified atom stereocenters. The average Bonchev–Trinajstić information content (AvgIpc) is 2.33. The molecule has 0 fully saturated rings. The molecule has 96 valence electrons. The fourth-order valence-corrected chi connectivity index (χ4v) is 1.42. The Bertz CT molecular complexity index is 412. The highest BCUT2D eigenvalue weighted by molar-refractivity contribution is 6.32. The standard InChI is InChI=1S/C8H7ClFNO4.C2H6/c1-15-8-5(9)2-4(3-12)6(10)7(8)11(13)14;1-2/h2,12H,3H2,1H3;1-2H3. The molecule has 17 heavy (non-hydrogen) atoms. The van der Waals surface area contributed by atoms with E-state index >= 15 is 0 Å². The van der Waals surface area contributed by atoms with Gasteiger partial charge < -0.3 is 9.84 Å². The van der Waals surface area contributed by atoms with Gasteiger partial charge in [0.2, 0.25) is 11.6 Å². The van der Waals surface area contributed by atoms with Crippen LogP contribution in [0, 0.1) is 15.9 Å². The van der Waals surface area contributed by atoms with E-state index in [1.165, 1.54) is 0 Å². The van der Waals surface area contributed by atoms with Gasteiger partial charge in [-0.05, 0) is 6.07 Å². The van der Waals surface area contributed by atoms with Crippen molar-refractivity contribution < 1.29 is 19.2 Å². The summed E-state index contributed by atoms with van der Waals surface area (Å²) in [5, 5.41) is 19.2. The van der Waals surface area contributed by atoms with Crippen LogP contribution in [0.2, 0.25) is 5.02 Å². The Morgan fingerprint density at radius 1 is 1.59 bits per heavy atom. The summed E-state index contributed by atoms with van der Waals surface area (Å²) in [4.78, 5) is 9.62. The predicted molar refractivity (Wildman–Crippen MR) is 61.9 cm³/mol. The Kier molecular flexibility index (Phi) is 6.45. The van der Waals surface area contributed by atoms with Crippen LogP contribution in [-0.4, -0.2) is 17.1 Å². The van der Waals surface area contributed by atoms with Gasteiger partial charge in [-0.2, -0.15) is 4.39 Å². The first-order valence-electron chi connectivity index (χ1n) is 4.83. The van der Waals surface area contributed by atoms with Crippen LogP contribution < -0.4 is 4.74 Å². The van der Waals surface area contributed by atoms with Crippen molar-refractivity contribution >= 4 is 17.3 Å². The van der Waals surface area contributed by atoms with Gasteiger partial charge in [0.1, 0.15) is 0 Å². The quantitative estimate of drug-likeness (QED) is 0.674. The van der Waals surface area contributed by atoms with Crippen LogP contribution in [0.3, 0.4) is 0 Å². The van der Waals surface area contributed by atoms with Crippen LogP contribution >= 0.6 is 11.6 Å². The maximum absolute atomic E-state index is 13.4. The normalized spacial score (nSPS) is 9.29. The van der Waals surface area contributed by atoms with Crippen LogP contribution in [0.5, 0.6) is 5.75 Å². The molecule has 0 aliphatic carbocycles. The van der Waals surface area contributed by atoms with E-state index in [0.717, 1.165) is 13.2 Å². The Morgan fingerprint density at radius 2 is 2.12 bits per heavy atom. The summed E-state index contributed by atoms with van der Waals surface area (Å²) in [6.45, 7) is 3.33. The van der Waals surface area contributed by atoms with Crippen LogP contribution in [0.15, 0.2) is 6.07 Å². The summed E-state index contributed by atoms with van der Waals surface area (Å²) in [6, 6.07) is 1.09. The maximum atomic E-state index is 13.4. The molecule has 1 aromatic rings. The number of methoxy groups -OCH3 is 1. The van der Waals surface area contributed by atoms with Gasteiger partial charge in [0.15, 0.2) is 0 Å². The fourth-order valence-electron chi connectivity index (χ4n) is 1.12. The summed E-state index contributed by atoms with van der Waals surface area (Å²) in [6.07, 6.45) is 0. The molecule has 0 heterocycles. The molecular weight excluding hydrogens is 253 g/mol. The minimum atomic E-state index is -1.14. The van der Waals surface area contributed by atoms with Crippen molar-refractivity contribution in [3.05, 3.63) is 32.6 Å². The monoisotopic (exact) mass is 265 g/mol. The molecule has 1 aromatic carbocycles. The van der Waals surface area contributed by atoms with E-state index in [9.17, 15) is 14.5 Å². The van der Waals surface area contributed by atoms with Gasteiger partial charge in [-0.15, -0.1) is 0 Å². The third-order valence-electron chi connectivity index (χ3n) is 1.78. The molecule has 0 radical (unpaired) electrons. The second-order valence-corrected chi connectivity index (χ2v) is 3.04.